The van der Waals surface area contributed by atoms with Crippen molar-refractivity contribution in [3.05, 3.63) is 0 Å². The van der Waals surface area contributed by atoms with Gasteiger partial charge in [0.1, 0.15) is 0 Å². The van der Waals surface area contributed by atoms with E-state index in [1.807, 2.05) is 0 Å². The average Bonchev–Trinajstić information content (AvgIpc) is 2.20. The largest absolute Gasteiger partial charge is 0.380 e. The summed E-state index contributed by atoms with van der Waals surface area (Å²) in [4.78, 5) is 2.21. The SMILES string of the molecule is CC(C)CCCOCCNCCCN(C)C. The summed E-state index contributed by atoms with van der Waals surface area (Å²) in [6.07, 6.45) is 3.68. The third-order valence-corrected chi connectivity index (χ3v) is 2.45. The Hall–Kier alpha value is -0.120. The smallest absolute Gasteiger partial charge is 0.0590 e. The van der Waals surface area contributed by atoms with Crippen molar-refractivity contribution in [2.75, 3.05) is 46.9 Å². The Labute approximate surface area is 102 Å². The van der Waals surface area contributed by atoms with Gasteiger partial charge in [0.2, 0.25) is 0 Å². The van der Waals surface area contributed by atoms with Crippen LogP contribution < -0.4 is 5.32 Å². The zero-order chi connectivity index (χ0) is 12.2. The molecule has 0 aliphatic rings. The Morgan fingerprint density at radius 3 is 2.44 bits per heavy atom. The first-order valence-corrected chi connectivity index (χ1v) is 6.56. The van der Waals surface area contributed by atoms with Crippen LogP contribution >= 0.6 is 0 Å². The summed E-state index contributed by atoms with van der Waals surface area (Å²) >= 11 is 0. The van der Waals surface area contributed by atoms with Crippen LogP contribution in [0.2, 0.25) is 0 Å². The lowest BCUT2D eigenvalue weighted by Crippen LogP contribution is -2.24. The molecule has 0 aromatic heterocycles. The molecule has 0 aliphatic carbocycles. The van der Waals surface area contributed by atoms with E-state index in [0.29, 0.717) is 0 Å². The standard InChI is InChI=1S/C13H30N2O/c1-13(2)7-5-11-16-12-9-14-8-6-10-15(3)4/h13-14H,5-12H2,1-4H3. The molecule has 1 N–H and O–H groups in total. The molecule has 0 aromatic rings. The molecule has 0 heterocycles. The van der Waals surface area contributed by atoms with Crippen LogP contribution in [0.5, 0.6) is 0 Å². The molecule has 3 nitrogen and oxygen atoms in total. The van der Waals surface area contributed by atoms with E-state index in [1.165, 1.54) is 19.3 Å². The van der Waals surface area contributed by atoms with Gasteiger partial charge in [0.15, 0.2) is 0 Å². The predicted molar refractivity (Wildman–Crippen MR) is 70.9 cm³/mol. The zero-order valence-corrected chi connectivity index (χ0v) is 11.6. The van der Waals surface area contributed by atoms with Crippen LogP contribution in [-0.4, -0.2) is 51.8 Å². The summed E-state index contributed by atoms with van der Waals surface area (Å²) in [5.74, 6) is 0.799. The van der Waals surface area contributed by atoms with Gasteiger partial charge < -0.3 is 15.0 Å². The average molecular weight is 230 g/mol. The van der Waals surface area contributed by atoms with Gasteiger partial charge in [-0.3, -0.25) is 0 Å². The summed E-state index contributed by atoms with van der Waals surface area (Å²) in [5, 5.41) is 3.39. The molecule has 0 bridgehead atoms. The molecular weight excluding hydrogens is 200 g/mol. The molecule has 0 amide bonds. The van der Waals surface area contributed by atoms with Gasteiger partial charge in [-0.25, -0.2) is 0 Å². The molecule has 16 heavy (non-hydrogen) atoms. The summed E-state index contributed by atoms with van der Waals surface area (Å²) in [5.41, 5.74) is 0. The van der Waals surface area contributed by atoms with Crippen molar-refractivity contribution in [1.29, 1.82) is 0 Å². The first-order chi connectivity index (χ1) is 7.63. The van der Waals surface area contributed by atoms with Crippen LogP contribution in [0.15, 0.2) is 0 Å². The van der Waals surface area contributed by atoms with E-state index in [0.717, 1.165) is 38.8 Å². The van der Waals surface area contributed by atoms with E-state index in [2.05, 4.69) is 38.2 Å². The van der Waals surface area contributed by atoms with Gasteiger partial charge >= 0.3 is 0 Å². The lowest BCUT2D eigenvalue weighted by atomic mass is 10.1. The fourth-order valence-electron chi connectivity index (χ4n) is 1.49. The van der Waals surface area contributed by atoms with Crippen LogP contribution in [0, 0.1) is 5.92 Å². The molecular formula is C13H30N2O. The topological polar surface area (TPSA) is 24.5 Å². The minimum atomic E-state index is 0.799. The van der Waals surface area contributed by atoms with Crippen LogP contribution in [0.3, 0.4) is 0 Å². The Kier molecular flexibility index (Phi) is 11.3. The lowest BCUT2D eigenvalue weighted by molar-refractivity contribution is 0.129. The number of ether oxygens (including phenoxy) is 1. The third-order valence-electron chi connectivity index (χ3n) is 2.45. The molecule has 0 radical (unpaired) electrons. The van der Waals surface area contributed by atoms with E-state index < -0.39 is 0 Å². The van der Waals surface area contributed by atoms with Crippen LogP contribution in [0.1, 0.15) is 33.1 Å². The van der Waals surface area contributed by atoms with Crippen LogP contribution in [0.4, 0.5) is 0 Å². The van der Waals surface area contributed by atoms with Gasteiger partial charge in [-0.2, -0.15) is 0 Å². The summed E-state index contributed by atoms with van der Waals surface area (Å²) < 4.78 is 5.54. The highest BCUT2D eigenvalue weighted by molar-refractivity contribution is 4.50. The number of rotatable bonds is 11. The highest BCUT2D eigenvalue weighted by Crippen LogP contribution is 2.02. The lowest BCUT2D eigenvalue weighted by Gasteiger charge is -2.10. The van der Waals surface area contributed by atoms with Gasteiger partial charge in [0, 0.05) is 13.2 Å². The Bertz CT molecular complexity index is 122. The van der Waals surface area contributed by atoms with Crippen molar-refractivity contribution in [3.63, 3.8) is 0 Å². The summed E-state index contributed by atoms with van der Waals surface area (Å²) in [7, 11) is 4.22. The van der Waals surface area contributed by atoms with E-state index in [9.17, 15) is 0 Å². The van der Waals surface area contributed by atoms with E-state index in [4.69, 9.17) is 4.74 Å². The molecule has 0 atom stereocenters. The quantitative estimate of drug-likeness (QED) is 0.549. The predicted octanol–water partition coefficient (Wildman–Crippen LogP) is 1.98. The number of hydrogen-bond acceptors (Lipinski definition) is 3. The second kappa shape index (κ2) is 11.4. The molecule has 98 valence electrons. The minimum Gasteiger partial charge on any atom is -0.380 e. The molecule has 0 aromatic carbocycles. The van der Waals surface area contributed by atoms with Gasteiger partial charge in [-0.05, 0) is 52.4 Å². The normalized spacial score (nSPS) is 11.6. The molecule has 0 rings (SSSR count). The molecule has 0 aliphatic heterocycles. The minimum absolute atomic E-state index is 0.799. The molecule has 0 fully saturated rings. The first kappa shape index (κ1) is 15.9. The summed E-state index contributed by atoms with van der Waals surface area (Å²) in [6, 6.07) is 0. The maximum Gasteiger partial charge on any atom is 0.0590 e. The number of nitrogens with zero attached hydrogens (tertiary/aromatic N) is 1. The molecule has 0 saturated heterocycles. The van der Waals surface area contributed by atoms with Crippen molar-refractivity contribution in [1.82, 2.24) is 10.2 Å². The van der Waals surface area contributed by atoms with Gasteiger partial charge in [0.25, 0.3) is 0 Å². The van der Waals surface area contributed by atoms with E-state index in [1.54, 1.807) is 0 Å². The maximum absolute atomic E-state index is 5.54. The fourth-order valence-corrected chi connectivity index (χ4v) is 1.49. The Morgan fingerprint density at radius 2 is 1.81 bits per heavy atom. The second-order valence-electron chi connectivity index (χ2n) is 5.06. The van der Waals surface area contributed by atoms with E-state index >= 15 is 0 Å². The molecule has 0 unspecified atom stereocenters. The molecule has 0 spiro atoms. The van der Waals surface area contributed by atoms with Gasteiger partial charge in [-0.15, -0.1) is 0 Å². The number of hydrogen-bond donors (Lipinski definition) is 1. The van der Waals surface area contributed by atoms with Crippen molar-refractivity contribution in [3.8, 4) is 0 Å². The summed E-state index contributed by atoms with van der Waals surface area (Å²) in [6.45, 7) is 9.50. The third kappa shape index (κ3) is 13.9. The van der Waals surface area contributed by atoms with Gasteiger partial charge in [-0.1, -0.05) is 13.8 Å². The second-order valence-corrected chi connectivity index (χ2v) is 5.06. The number of nitrogens with one attached hydrogen (secondary N) is 1. The monoisotopic (exact) mass is 230 g/mol. The zero-order valence-electron chi connectivity index (χ0n) is 11.6. The first-order valence-electron chi connectivity index (χ1n) is 6.56. The van der Waals surface area contributed by atoms with Crippen molar-refractivity contribution in [2.45, 2.75) is 33.1 Å². The molecule has 3 heteroatoms. The highest BCUT2D eigenvalue weighted by Gasteiger charge is 1.94. The van der Waals surface area contributed by atoms with E-state index in [-0.39, 0.29) is 0 Å². The maximum atomic E-state index is 5.54. The van der Waals surface area contributed by atoms with Crippen LogP contribution in [-0.2, 0) is 4.74 Å². The highest BCUT2D eigenvalue weighted by atomic mass is 16.5. The van der Waals surface area contributed by atoms with Crippen molar-refractivity contribution in [2.24, 2.45) is 5.92 Å². The Morgan fingerprint density at radius 1 is 1.06 bits per heavy atom. The Balaban J connectivity index is 2.93. The van der Waals surface area contributed by atoms with Crippen molar-refractivity contribution >= 4 is 0 Å². The molecule has 0 saturated carbocycles. The van der Waals surface area contributed by atoms with Crippen LogP contribution in [0.25, 0.3) is 0 Å². The van der Waals surface area contributed by atoms with Crippen molar-refractivity contribution < 1.29 is 4.74 Å². The van der Waals surface area contributed by atoms with Gasteiger partial charge in [0.05, 0.1) is 6.61 Å². The fraction of sp³-hybridized carbons (Fsp3) is 1.00.